The quantitative estimate of drug-likeness (QED) is 0.330. The van der Waals surface area contributed by atoms with Crippen molar-refractivity contribution in [3.05, 3.63) is 75.9 Å². The number of aromatic nitrogens is 3. The minimum absolute atomic E-state index is 0.332. The van der Waals surface area contributed by atoms with E-state index in [0.29, 0.717) is 27.9 Å². The van der Waals surface area contributed by atoms with Gasteiger partial charge in [0.05, 0.1) is 0 Å². The number of nitrogen functional groups attached to an aromatic ring is 1. The Balaban J connectivity index is 1.62. The van der Waals surface area contributed by atoms with Gasteiger partial charge in [0.15, 0.2) is 5.82 Å². The molecular formula is C19H15FN4O2S. The maximum atomic E-state index is 13.1. The molecule has 0 saturated heterocycles. The summed E-state index contributed by atoms with van der Waals surface area (Å²) in [4.78, 5) is 11.8. The molecule has 0 atom stereocenters. The summed E-state index contributed by atoms with van der Waals surface area (Å²) in [5, 5.41) is 9.54. The Morgan fingerprint density at radius 3 is 2.70 bits per heavy atom. The number of halogens is 1. The van der Waals surface area contributed by atoms with Crippen molar-refractivity contribution in [2.45, 2.75) is 17.8 Å². The monoisotopic (exact) mass is 382 g/mol. The number of rotatable bonds is 4. The molecule has 8 heteroatoms. The standard InChI is InChI=1S/C19H15FN4O2S/c1-11-2-7-15-13(9-17(25)26-16(15)8-11)10-27-19-23-22-18(24(19)21)12-3-5-14(20)6-4-12/h2-9H,10,21H2,1H3. The van der Waals surface area contributed by atoms with Crippen LogP contribution in [0, 0.1) is 12.7 Å². The van der Waals surface area contributed by atoms with Gasteiger partial charge in [-0.3, -0.25) is 0 Å². The molecule has 2 N–H and O–H groups in total. The van der Waals surface area contributed by atoms with Crippen molar-refractivity contribution in [1.29, 1.82) is 0 Å². The predicted octanol–water partition coefficient (Wildman–Crippen LogP) is 3.51. The third kappa shape index (κ3) is 3.43. The molecule has 0 aliphatic heterocycles. The number of fused-ring (bicyclic) bond motifs is 1. The second kappa shape index (κ2) is 6.88. The van der Waals surface area contributed by atoms with Gasteiger partial charge in [-0.15, -0.1) is 10.2 Å². The Hall–Kier alpha value is -3.13. The normalized spacial score (nSPS) is 11.2. The van der Waals surface area contributed by atoms with Crippen LogP contribution in [-0.2, 0) is 5.75 Å². The molecule has 4 aromatic rings. The van der Waals surface area contributed by atoms with Crippen molar-refractivity contribution in [2.75, 3.05) is 5.84 Å². The molecule has 0 amide bonds. The summed E-state index contributed by atoms with van der Waals surface area (Å²) in [6.07, 6.45) is 0. The van der Waals surface area contributed by atoms with Crippen LogP contribution in [-0.4, -0.2) is 14.9 Å². The van der Waals surface area contributed by atoms with Gasteiger partial charge in [0.25, 0.3) is 0 Å². The minimum atomic E-state index is -0.398. The van der Waals surface area contributed by atoms with E-state index in [1.165, 1.54) is 34.6 Å². The second-order valence-corrected chi connectivity index (χ2v) is 7.00. The molecule has 0 unspecified atom stereocenters. The lowest BCUT2D eigenvalue weighted by molar-refractivity contribution is 0.559. The fourth-order valence-electron chi connectivity index (χ4n) is 2.77. The van der Waals surface area contributed by atoms with E-state index in [4.69, 9.17) is 10.3 Å². The molecule has 0 radical (unpaired) electrons. The van der Waals surface area contributed by atoms with Crippen molar-refractivity contribution in [3.8, 4) is 11.4 Å². The highest BCUT2D eigenvalue weighted by Crippen LogP contribution is 2.27. The van der Waals surface area contributed by atoms with E-state index in [1.54, 1.807) is 12.1 Å². The molecule has 0 saturated carbocycles. The molecule has 2 aromatic carbocycles. The molecular weight excluding hydrogens is 367 g/mol. The van der Waals surface area contributed by atoms with E-state index in [9.17, 15) is 9.18 Å². The van der Waals surface area contributed by atoms with Crippen LogP contribution in [0.4, 0.5) is 4.39 Å². The van der Waals surface area contributed by atoms with E-state index >= 15 is 0 Å². The lowest BCUT2D eigenvalue weighted by Crippen LogP contribution is -2.11. The Labute approximate surface area is 157 Å². The molecule has 0 bridgehead atoms. The van der Waals surface area contributed by atoms with Gasteiger partial charge >= 0.3 is 5.63 Å². The SMILES string of the molecule is Cc1ccc2c(CSc3nnc(-c4ccc(F)cc4)n3N)cc(=O)oc2c1. The lowest BCUT2D eigenvalue weighted by atomic mass is 10.1. The van der Waals surface area contributed by atoms with Crippen LogP contribution in [0.2, 0.25) is 0 Å². The summed E-state index contributed by atoms with van der Waals surface area (Å²) in [6, 6.07) is 13.1. The van der Waals surface area contributed by atoms with E-state index in [0.717, 1.165) is 16.5 Å². The Morgan fingerprint density at radius 2 is 1.93 bits per heavy atom. The first-order valence-corrected chi connectivity index (χ1v) is 9.12. The van der Waals surface area contributed by atoms with Crippen LogP contribution in [0.3, 0.4) is 0 Å². The van der Waals surface area contributed by atoms with Gasteiger partial charge < -0.3 is 10.3 Å². The van der Waals surface area contributed by atoms with Gasteiger partial charge in [0.1, 0.15) is 11.4 Å². The zero-order chi connectivity index (χ0) is 19.0. The van der Waals surface area contributed by atoms with Crippen LogP contribution in [0.5, 0.6) is 0 Å². The Kier molecular flexibility index (Phi) is 4.41. The number of nitrogens with zero attached hydrogens (tertiary/aromatic N) is 3. The molecule has 0 spiro atoms. The van der Waals surface area contributed by atoms with E-state index in [1.807, 2.05) is 25.1 Å². The molecule has 27 heavy (non-hydrogen) atoms. The average Bonchev–Trinajstić information content (AvgIpc) is 3.00. The molecule has 4 rings (SSSR count). The van der Waals surface area contributed by atoms with E-state index in [2.05, 4.69) is 10.2 Å². The summed E-state index contributed by atoms with van der Waals surface area (Å²) in [6.45, 7) is 1.94. The van der Waals surface area contributed by atoms with Crippen molar-refractivity contribution in [3.63, 3.8) is 0 Å². The van der Waals surface area contributed by atoms with Crippen LogP contribution in [0.25, 0.3) is 22.4 Å². The van der Waals surface area contributed by atoms with Crippen molar-refractivity contribution >= 4 is 22.7 Å². The first kappa shape index (κ1) is 17.3. The lowest BCUT2D eigenvalue weighted by Gasteiger charge is -2.06. The van der Waals surface area contributed by atoms with E-state index in [-0.39, 0.29) is 5.82 Å². The third-order valence-electron chi connectivity index (χ3n) is 4.11. The molecule has 0 aliphatic rings. The third-order valence-corrected chi connectivity index (χ3v) is 5.10. The summed E-state index contributed by atoms with van der Waals surface area (Å²) >= 11 is 1.36. The summed E-state index contributed by atoms with van der Waals surface area (Å²) in [7, 11) is 0. The highest BCUT2D eigenvalue weighted by atomic mass is 32.2. The zero-order valence-corrected chi connectivity index (χ0v) is 15.2. The van der Waals surface area contributed by atoms with Crippen molar-refractivity contribution in [1.82, 2.24) is 14.9 Å². The number of hydrogen-bond donors (Lipinski definition) is 1. The number of hydrogen-bond acceptors (Lipinski definition) is 6. The Morgan fingerprint density at radius 1 is 1.15 bits per heavy atom. The molecule has 0 aliphatic carbocycles. The van der Waals surface area contributed by atoms with Crippen LogP contribution >= 0.6 is 11.8 Å². The van der Waals surface area contributed by atoms with Gasteiger partial charge in [-0.25, -0.2) is 13.9 Å². The summed E-state index contributed by atoms with van der Waals surface area (Å²) in [5.74, 6) is 6.68. The molecule has 2 heterocycles. The van der Waals surface area contributed by atoms with Gasteiger partial charge in [-0.05, 0) is 48.4 Å². The average molecular weight is 382 g/mol. The van der Waals surface area contributed by atoms with Crippen LogP contribution < -0.4 is 11.5 Å². The number of benzene rings is 2. The van der Waals surface area contributed by atoms with Gasteiger partial charge in [0.2, 0.25) is 5.16 Å². The smallest absolute Gasteiger partial charge is 0.336 e. The zero-order valence-electron chi connectivity index (χ0n) is 14.3. The fourth-order valence-corrected chi connectivity index (χ4v) is 3.62. The molecule has 0 fully saturated rings. The molecule has 6 nitrogen and oxygen atoms in total. The Bertz CT molecular complexity index is 1180. The largest absolute Gasteiger partial charge is 0.423 e. The van der Waals surface area contributed by atoms with Gasteiger partial charge in [-0.1, -0.05) is 23.9 Å². The maximum absolute atomic E-state index is 13.1. The van der Waals surface area contributed by atoms with Crippen molar-refractivity contribution < 1.29 is 8.81 Å². The first-order valence-electron chi connectivity index (χ1n) is 8.14. The minimum Gasteiger partial charge on any atom is -0.423 e. The molecule has 136 valence electrons. The maximum Gasteiger partial charge on any atom is 0.336 e. The summed E-state index contributed by atoms with van der Waals surface area (Å²) in [5.41, 5.74) is 2.67. The van der Waals surface area contributed by atoms with Crippen LogP contribution in [0.1, 0.15) is 11.1 Å². The fraction of sp³-hybridized carbons (Fsp3) is 0.105. The highest BCUT2D eigenvalue weighted by Gasteiger charge is 2.14. The number of nitrogens with two attached hydrogens (primary N) is 1. The summed E-state index contributed by atoms with van der Waals surface area (Å²) < 4.78 is 19.7. The molecule has 2 aromatic heterocycles. The number of thioether (sulfide) groups is 1. The van der Waals surface area contributed by atoms with Crippen molar-refractivity contribution in [2.24, 2.45) is 0 Å². The topological polar surface area (TPSA) is 86.9 Å². The number of aryl methyl sites for hydroxylation is 1. The predicted molar refractivity (Wildman–Crippen MR) is 102 cm³/mol. The van der Waals surface area contributed by atoms with Crippen LogP contribution in [0.15, 0.2) is 62.9 Å². The van der Waals surface area contributed by atoms with Gasteiger partial charge in [0, 0.05) is 22.8 Å². The van der Waals surface area contributed by atoms with Gasteiger partial charge in [-0.2, -0.15) is 0 Å². The first-order chi connectivity index (χ1) is 13.0. The second-order valence-electron chi connectivity index (χ2n) is 6.06. The highest BCUT2D eigenvalue weighted by molar-refractivity contribution is 7.98. The van der Waals surface area contributed by atoms with E-state index < -0.39 is 5.63 Å².